The zero-order chi connectivity index (χ0) is 11.9. The Labute approximate surface area is 109 Å². The molecule has 0 unspecified atom stereocenters. The third-order valence-electron chi connectivity index (χ3n) is 3.38. The van der Waals surface area contributed by atoms with Crippen LogP contribution in [0.5, 0.6) is 0 Å². The number of aromatic nitrogens is 2. The van der Waals surface area contributed by atoms with Gasteiger partial charge >= 0.3 is 0 Å². The van der Waals surface area contributed by atoms with Gasteiger partial charge in [-0.1, -0.05) is 24.4 Å². The third-order valence-corrected chi connectivity index (χ3v) is 4.65. The summed E-state index contributed by atoms with van der Waals surface area (Å²) in [5.74, 6) is 0.912. The lowest BCUT2D eigenvalue weighted by Crippen LogP contribution is -2.34. The van der Waals surface area contributed by atoms with Gasteiger partial charge in [-0.15, -0.1) is 11.3 Å². The molecule has 3 N–H and O–H groups in total. The number of nitrogens with one attached hydrogen (secondary N) is 1. The van der Waals surface area contributed by atoms with Gasteiger partial charge in [-0.3, -0.25) is 0 Å². The number of nitrogens with zero attached hydrogens (tertiary/aromatic N) is 1. The van der Waals surface area contributed by atoms with Gasteiger partial charge in [0.25, 0.3) is 0 Å². The first-order chi connectivity index (χ1) is 8.17. The molecule has 1 aliphatic rings. The van der Waals surface area contributed by atoms with Gasteiger partial charge in [0.05, 0.1) is 26.6 Å². The van der Waals surface area contributed by atoms with Gasteiger partial charge < -0.3 is 10.7 Å². The Kier molecular flexibility index (Phi) is 2.73. The van der Waals surface area contributed by atoms with E-state index in [0.717, 1.165) is 33.6 Å². The van der Waals surface area contributed by atoms with Gasteiger partial charge in [0.2, 0.25) is 0 Å². The molecule has 1 saturated carbocycles. The lowest BCUT2D eigenvalue weighted by molar-refractivity contribution is 0.436. The monoisotopic (exact) mass is 267 g/mol. The highest BCUT2D eigenvalue weighted by Crippen LogP contribution is 2.36. The molecule has 2 aromatic rings. The average Bonchev–Trinajstić information content (AvgIpc) is 2.96. The van der Waals surface area contributed by atoms with Crippen LogP contribution in [0, 0.1) is 0 Å². The number of hydrogen-bond acceptors (Lipinski definition) is 3. The maximum atomic E-state index is 6.36. The second kappa shape index (κ2) is 4.12. The first-order valence-corrected chi connectivity index (χ1v) is 6.97. The van der Waals surface area contributed by atoms with Crippen LogP contribution in [0.4, 0.5) is 0 Å². The molecule has 90 valence electrons. The fourth-order valence-corrected chi connectivity index (χ4v) is 3.41. The summed E-state index contributed by atoms with van der Waals surface area (Å²) in [4.78, 5) is 8.89. The summed E-state index contributed by atoms with van der Waals surface area (Å²) in [5, 5.41) is 0. The highest BCUT2D eigenvalue weighted by Gasteiger charge is 2.34. The topological polar surface area (TPSA) is 54.7 Å². The zero-order valence-corrected chi connectivity index (χ0v) is 10.9. The Hall–Kier alpha value is -0.840. The van der Waals surface area contributed by atoms with Gasteiger partial charge in [0.15, 0.2) is 0 Å². The molecule has 17 heavy (non-hydrogen) atoms. The first kappa shape index (κ1) is 11.3. The first-order valence-electron chi connectivity index (χ1n) is 5.77. The second-order valence-corrected chi connectivity index (χ2v) is 6.33. The van der Waals surface area contributed by atoms with Crippen LogP contribution in [0.2, 0.25) is 4.34 Å². The van der Waals surface area contributed by atoms with Gasteiger partial charge in [-0.2, -0.15) is 0 Å². The van der Waals surface area contributed by atoms with E-state index in [9.17, 15) is 0 Å². The van der Waals surface area contributed by atoms with Crippen LogP contribution in [-0.2, 0) is 5.54 Å². The summed E-state index contributed by atoms with van der Waals surface area (Å²) in [6, 6.07) is 3.90. The molecule has 3 nitrogen and oxygen atoms in total. The van der Waals surface area contributed by atoms with Gasteiger partial charge in [-0.25, -0.2) is 4.98 Å². The SMILES string of the molecule is NC1(c2ncc(-c3ccc(Cl)s3)[nH]2)CCCC1. The zero-order valence-electron chi connectivity index (χ0n) is 9.37. The van der Waals surface area contributed by atoms with Crippen molar-refractivity contribution in [2.45, 2.75) is 31.2 Å². The van der Waals surface area contributed by atoms with E-state index >= 15 is 0 Å². The number of aromatic amines is 1. The number of rotatable bonds is 2. The molecular weight excluding hydrogens is 254 g/mol. The molecule has 0 radical (unpaired) electrons. The predicted molar refractivity (Wildman–Crippen MR) is 71.2 cm³/mol. The number of thiophene rings is 1. The lowest BCUT2D eigenvalue weighted by Gasteiger charge is -2.20. The van der Waals surface area contributed by atoms with E-state index in [4.69, 9.17) is 17.3 Å². The van der Waals surface area contributed by atoms with E-state index in [1.807, 2.05) is 18.3 Å². The molecule has 0 amide bonds. The number of imidazole rings is 1. The van der Waals surface area contributed by atoms with E-state index in [1.165, 1.54) is 12.8 Å². The minimum atomic E-state index is -0.251. The molecular formula is C12H14ClN3S. The molecule has 0 atom stereocenters. The Bertz CT molecular complexity index is 525. The fourth-order valence-electron chi connectivity index (χ4n) is 2.40. The van der Waals surface area contributed by atoms with Crippen LogP contribution in [0.3, 0.4) is 0 Å². The lowest BCUT2D eigenvalue weighted by atomic mass is 9.99. The average molecular weight is 268 g/mol. The van der Waals surface area contributed by atoms with E-state index in [0.29, 0.717) is 0 Å². The number of nitrogens with two attached hydrogens (primary N) is 1. The molecule has 5 heteroatoms. The van der Waals surface area contributed by atoms with Crippen molar-refractivity contribution in [1.29, 1.82) is 0 Å². The van der Waals surface area contributed by atoms with Crippen molar-refractivity contribution >= 4 is 22.9 Å². The summed E-state index contributed by atoms with van der Waals surface area (Å²) in [6.45, 7) is 0. The summed E-state index contributed by atoms with van der Waals surface area (Å²) in [7, 11) is 0. The second-order valence-electron chi connectivity index (χ2n) is 4.61. The number of halogens is 1. The van der Waals surface area contributed by atoms with Crippen LogP contribution in [-0.4, -0.2) is 9.97 Å². The molecule has 0 spiro atoms. The normalized spacial score (nSPS) is 18.7. The maximum Gasteiger partial charge on any atom is 0.126 e. The molecule has 1 fully saturated rings. The van der Waals surface area contributed by atoms with Crippen LogP contribution < -0.4 is 5.73 Å². The van der Waals surface area contributed by atoms with Crippen molar-refractivity contribution in [2.75, 3.05) is 0 Å². The molecule has 2 heterocycles. The minimum Gasteiger partial charge on any atom is -0.340 e. The van der Waals surface area contributed by atoms with E-state index in [2.05, 4.69) is 9.97 Å². The Morgan fingerprint density at radius 2 is 2.12 bits per heavy atom. The quantitative estimate of drug-likeness (QED) is 0.875. The minimum absolute atomic E-state index is 0.251. The van der Waals surface area contributed by atoms with Gasteiger partial charge in [0, 0.05) is 0 Å². The maximum absolute atomic E-state index is 6.36. The number of hydrogen-bond donors (Lipinski definition) is 2. The molecule has 2 aromatic heterocycles. The third kappa shape index (κ3) is 2.01. The largest absolute Gasteiger partial charge is 0.340 e. The summed E-state index contributed by atoms with van der Waals surface area (Å²) < 4.78 is 0.791. The molecule has 0 saturated heterocycles. The summed E-state index contributed by atoms with van der Waals surface area (Å²) >= 11 is 7.48. The van der Waals surface area contributed by atoms with Crippen molar-refractivity contribution in [3.8, 4) is 10.6 Å². The van der Waals surface area contributed by atoms with E-state index in [1.54, 1.807) is 11.3 Å². The van der Waals surface area contributed by atoms with Crippen molar-refractivity contribution < 1.29 is 0 Å². The molecule has 0 aliphatic heterocycles. The smallest absolute Gasteiger partial charge is 0.126 e. The van der Waals surface area contributed by atoms with Crippen LogP contribution in [0.25, 0.3) is 10.6 Å². The van der Waals surface area contributed by atoms with E-state index < -0.39 is 0 Å². The highest BCUT2D eigenvalue weighted by atomic mass is 35.5. The Morgan fingerprint density at radius 1 is 1.35 bits per heavy atom. The Balaban J connectivity index is 1.92. The fraction of sp³-hybridized carbons (Fsp3) is 0.417. The van der Waals surface area contributed by atoms with Crippen molar-refractivity contribution in [3.63, 3.8) is 0 Å². The highest BCUT2D eigenvalue weighted by molar-refractivity contribution is 7.19. The van der Waals surface area contributed by atoms with Crippen LogP contribution in [0.15, 0.2) is 18.3 Å². The summed E-state index contributed by atoms with van der Waals surface area (Å²) in [6.07, 6.45) is 6.27. The van der Waals surface area contributed by atoms with Crippen LogP contribution >= 0.6 is 22.9 Å². The predicted octanol–water partition coefficient (Wildman–Crippen LogP) is 3.52. The number of H-pyrrole nitrogens is 1. The molecule has 1 aliphatic carbocycles. The van der Waals surface area contributed by atoms with Crippen molar-refractivity contribution in [3.05, 3.63) is 28.5 Å². The van der Waals surface area contributed by atoms with Gasteiger partial charge in [-0.05, 0) is 25.0 Å². The molecule has 3 rings (SSSR count). The van der Waals surface area contributed by atoms with Crippen molar-refractivity contribution in [2.24, 2.45) is 5.73 Å². The molecule has 0 bridgehead atoms. The van der Waals surface area contributed by atoms with Crippen LogP contribution in [0.1, 0.15) is 31.5 Å². The molecule has 0 aromatic carbocycles. The Morgan fingerprint density at radius 3 is 2.76 bits per heavy atom. The van der Waals surface area contributed by atoms with Gasteiger partial charge in [0.1, 0.15) is 5.82 Å². The van der Waals surface area contributed by atoms with E-state index in [-0.39, 0.29) is 5.54 Å². The van der Waals surface area contributed by atoms with Crippen molar-refractivity contribution in [1.82, 2.24) is 9.97 Å². The summed E-state index contributed by atoms with van der Waals surface area (Å²) in [5.41, 5.74) is 7.12. The standard InChI is InChI=1S/C12H14ClN3S/c13-10-4-3-9(17-10)8-7-15-11(16-8)12(14)5-1-2-6-12/h3-4,7H,1-2,5-6,14H2,(H,15,16).